The van der Waals surface area contributed by atoms with Gasteiger partial charge in [0.15, 0.2) is 11.4 Å². The summed E-state index contributed by atoms with van der Waals surface area (Å²) < 4.78 is 43.7. The van der Waals surface area contributed by atoms with Crippen LogP contribution in [0.5, 0.6) is 0 Å². The SMILES string of the molecule is CC1CCN(c2c(-c3c(F)cc(F)cc3F)c(Cl)nc3ncnn23)CC1.CNC(=O)/C(=N/OC)c1ccccc1CO/N=C(C)/C(=N/OC)C(/C)=N/OC. The number of benzene rings is 2. The number of carbonyl (C=O) groups is 1. The smallest absolute Gasteiger partial charge is 0.273 e. The van der Waals surface area contributed by atoms with Gasteiger partial charge in [-0.15, -0.1) is 0 Å². The number of halogens is 4. The second-order valence-corrected chi connectivity index (χ2v) is 12.1. The predicted octanol–water partition coefficient (Wildman–Crippen LogP) is 5.80. The molecule has 15 nitrogen and oxygen atoms in total. The number of likely N-dealkylation sites (N-methyl/N-ethyl adjacent to an activating group) is 1. The molecule has 4 aromatic rings. The van der Waals surface area contributed by atoms with E-state index in [4.69, 9.17) is 31.0 Å². The number of amides is 1. The molecule has 288 valence electrons. The maximum atomic E-state index is 14.5. The maximum absolute atomic E-state index is 14.5. The third-order valence-corrected chi connectivity index (χ3v) is 8.39. The fourth-order valence-electron chi connectivity index (χ4n) is 5.52. The highest BCUT2D eigenvalue weighted by Crippen LogP contribution is 2.40. The van der Waals surface area contributed by atoms with Crippen molar-refractivity contribution in [3.8, 4) is 11.1 Å². The lowest BCUT2D eigenvalue weighted by atomic mass is 9.98. The van der Waals surface area contributed by atoms with Gasteiger partial charge in [0.2, 0.25) is 0 Å². The van der Waals surface area contributed by atoms with Crippen molar-refractivity contribution < 1.29 is 37.3 Å². The quantitative estimate of drug-likeness (QED) is 0.107. The molecule has 19 heteroatoms. The van der Waals surface area contributed by atoms with Gasteiger partial charge in [0, 0.05) is 43.4 Å². The summed E-state index contributed by atoms with van der Waals surface area (Å²) in [5.74, 6) is -2.27. The lowest BCUT2D eigenvalue weighted by Gasteiger charge is -2.33. The molecule has 0 radical (unpaired) electrons. The van der Waals surface area contributed by atoms with Crippen LogP contribution in [0.1, 0.15) is 44.7 Å². The van der Waals surface area contributed by atoms with E-state index >= 15 is 0 Å². The Labute approximate surface area is 314 Å². The number of anilines is 1. The van der Waals surface area contributed by atoms with Gasteiger partial charge >= 0.3 is 0 Å². The van der Waals surface area contributed by atoms with E-state index in [1.807, 2.05) is 11.0 Å². The molecular weight excluding hydrogens is 733 g/mol. The Hall–Kier alpha value is -5.78. The standard InChI is InChI=1S/C18H25N5O5.C17H15ClF3N5/c1-12(20-25-4)16(22-26-5)13(2)21-28-11-14-9-7-8-10-15(14)17(23-27-6)18(24)19-3;1-9-2-4-25(5-3-9)16-14(13-11(20)6-10(19)7-12(13)21)15(18)24-17-22-8-23-26(16)17/h7-10H,11H2,1-6H3,(H,19,24);6-9H,2-5H2,1H3/b20-12+,21-13+,22-16+,23-17+;. The molecule has 1 N–H and O–H groups in total. The summed E-state index contributed by atoms with van der Waals surface area (Å²) in [6.45, 7) is 6.99. The van der Waals surface area contributed by atoms with Crippen molar-refractivity contribution in [1.82, 2.24) is 24.9 Å². The molecule has 0 aliphatic carbocycles. The fraction of sp³-hybridized carbons (Fsp3) is 0.371. The summed E-state index contributed by atoms with van der Waals surface area (Å²) in [5, 5.41) is 22.1. The topological polar surface area (TPSA) is 162 Å². The maximum Gasteiger partial charge on any atom is 0.273 e. The molecule has 1 amide bonds. The monoisotopic (exact) mass is 772 g/mol. The van der Waals surface area contributed by atoms with Crippen LogP contribution in [0.15, 0.2) is 63.3 Å². The molecule has 1 aliphatic rings. The number of nitrogens with one attached hydrogen (secondary N) is 1. The van der Waals surface area contributed by atoms with E-state index in [9.17, 15) is 18.0 Å². The predicted molar refractivity (Wildman–Crippen MR) is 198 cm³/mol. The van der Waals surface area contributed by atoms with E-state index in [-0.39, 0.29) is 34.7 Å². The van der Waals surface area contributed by atoms with Gasteiger partial charge < -0.3 is 29.6 Å². The number of fused-ring (bicyclic) bond motifs is 1. The number of hydrogen-bond acceptors (Lipinski definition) is 13. The van der Waals surface area contributed by atoms with Crippen LogP contribution in [0.2, 0.25) is 5.15 Å². The number of carbonyl (C=O) groups excluding carboxylic acids is 1. The van der Waals surface area contributed by atoms with Crippen molar-refractivity contribution in [2.75, 3.05) is 46.4 Å². The van der Waals surface area contributed by atoms with Crippen molar-refractivity contribution in [2.24, 2.45) is 26.5 Å². The Morgan fingerprint density at radius 1 is 0.944 bits per heavy atom. The van der Waals surface area contributed by atoms with E-state index in [1.54, 1.807) is 32.0 Å². The van der Waals surface area contributed by atoms with Crippen LogP contribution < -0.4 is 10.2 Å². The van der Waals surface area contributed by atoms with Gasteiger partial charge in [-0.2, -0.15) is 19.6 Å². The summed E-state index contributed by atoms with van der Waals surface area (Å²) in [6, 6.07) is 8.41. The number of piperidine rings is 1. The third kappa shape index (κ3) is 9.80. The van der Waals surface area contributed by atoms with Crippen molar-refractivity contribution in [2.45, 2.75) is 40.2 Å². The summed E-state index contributed by atoms with van der Waals surface area (Å²) >= 11 is 6.29. The Balaban J connectivity index is 0.000000241. The van der Waals surface area contributed by atoms with E-state index in [0.717, 1.165) is 12.8 Å². The molecule has 1 saturated heterocycles. The Bertz CT molecular complexity index is 2040. The van der Waals surface area contributed by atoms with Gasteiger partial charge in [-0.3, -0.25) is 4.79 Å². The van der Waals surface area contributed by atoms with E-state index in [2.05, 4.69) is 47.9 Å². The van der Waals surface area contributed by atoms with Gasteiger partial charge in [0.25, 0.3) is 11.7 Å². The number of oxime groups is 4. The first-order chi connectivity index (χ1) is 25.9. The molecule has 0 spiro atoms. The third-order valence-electron chi connectivity index (χ3n) is 8.11. The van der Waals surface area contributed by atoms with Crippen LogP contribution in [0.25, 0.3) is 16.9 Å². The zero-order chi connectivity index (χ0) is 39.4. The highest BCUT2D eigenvalue weighted by Gasteiger charge is 2.29. The van der Waals surface area contributed by atoms with Crippen molar-refractivity contribution in [1.29, 1.82) is 0 Å². The molecule has 0 unspecified atom stereocenters. The van der Waals surface area contributed by atoms with Crippen LogP contribution >= 0.6 is 11.6 Å². The second-order valence-electron chi connectivity index (χ2n) is 11.8. The average Bonchev–Trinajstić information content (AvgIpc) is 3.61. The van der Waals surface area contributed by atoms with Crippen LogP contribution in [0.4, 0.5) is 19.0 Å². The first-order valence-electron chi connectivity index (χ1n) is 16.5. The molecule has 2 aromatic carbocycles. The van der Waals surface area contributed by atoms with Gasteiger partial charge in [-0.1, -0.05) is 63.4 Å². The normalized spacial score (nSPS) is 14.4. The van der Waals surface area contributed by atoms with Crippen LogP contribution in [-0.2, 0) is 30.8 Å². The summed E-state index contributed by atoms with van der Waals surface area (Å²) in [7, 11) is 5.73. The van der Waals surface area contributed by atoms with E-state index in [0.29, 0.717) is 65.2 Å². The zero-order valence-electron chi connectivity index (χ0n) is 30.7. The highest BCUT2D eigenvalue weighted by molar-refractivity contribution is 6.67. The lowest BCUT2D eigenvalue weighted by Crippen LogP contribution is -2.35. The van der Waals surface area contributed by atoms with Gasteiger partial charge in [-0.05, 0) is 32.6 Å². The zero-order valence-corrected chi connectivity index (χ0v) is 31.5. The van der Waals surface area contributed by atoms with Gasteiger partial charge in [0.05, 0.1) is 11.1 Å². The highest BCUT2D eigenvalue weighted by atomic mass is 35.5. The molecule has 2 aromatic heterocycles. The van der Waals surface area contributed by atoms with E-state index < -0.39 is 23.0 Å². The minimum Gasteiger partial charge on any atom is -0.399 e. The number of hydrogen-bond donors (Lipinski definition) is 1. The number of rotatable bonds is 12. The van der Waals surface area contributed by atoms with E-state index in [1.165, 1.54) is 39.2 Å². The molecule has 3 heterocycles. The van der Waals surface area contributed by atoms with Crippen molar-refractivity contribution in [3.05, 3.63) is 76.5 Å². The second kappa shape index (κ2) is 19.3. The fourth-order valence-corrected chi connectivity index (χ4v) is 5.77. The minimum atomic E-state index is -1.04. The Morgan fingerprint density at radius 2 is 1.57 bits per heavy atom. The molecule has 1 fully saturated rings. The van der Waals surface area contributed by atoms with Crippen molar-refractivity contribution in [3.63, 3.8) is 0 Å². The van der Waals surface area contributed by atoms with Crippen LogP contribution in [-0.4, -0.2) is 89.8 Å². The Kier molecular flexibility index (Phi) is 14.7. The average molecular weight is 773 g/mol. The molecular formula is C35H40ClF3N10O5. The molecule has 5 rings (SSSR count). The largest absolute Gasteiger partial charge is 0.399 e. The first-order valence-corrected chi connectivity index (χ1v) is 16.9. The lowest BCUT2D eigenvalue weighted by molar-refractivity contribution is -0.114. The molecule has 54 heavy (non-hydrogen) atoms. The Morgan fingerprint density at radius 3 is 2.20 bits per heavy atom. The van der Waals surface area contributed by atoms with Gasteiger partial charge in [0.1, 0.15) is 74.1 Å². The molecule has 1 aliphatic heterocycles. The minimum absolute atomic E-state index is 0.0502. The molecule has 0 bridgehead atoms. The summed E-state index contributed by atoms with van der Waals surface area (Å²) in [5.41, 5.74) is 2.33. The molecule has 0 saturated carbocycles. The summed E-state index contributed by atoms with van der Waals surface area (Å²) in [6.07, 6.45) is 3.14. The van der Waals surface area contributed by atoms with Crippen LogP contribution in [0.3, 0.4) is 0 Å². The number of nitrogens with zero attached hydrogens (tertiary/aromatic N) is 9. The summed E-state index contributed by atoms with van der Waals surface area (Å²) in [4.78, 5) is 42.0. The molecule has 0 atom stereocenters. The van der Waals surface area contributed by atoms with Gasteiger partial charge in [-0.25, -0.2) is 13.2 Å². The first kappa shape index (κ1) is 41.0. The van der Waals surface area contributed by atoms with Crippen LogP contribution in [0, 0.1) is 23.4 Å². The van der Waals surface area contributed by atoms with Crippen molar-refractivity contribution >= 4 is 52.0 Å². The number of aromatic nitrogens is 4.